The Labute approximate surface area is 274 Å². The first-order valence-electron chi connectivity index (χ1n) is 9.99. The van der Waals surface area contributed by atoms with Crippen LogP contribution in [0.2, 0.25) is 0 Å². The number of rotatable bonds is 11. The predicted molar refractivity (Wildman–Crippen MR) is 254 cm³/mol. The topological polar surface area (TPSA) is 38.3 Å². The van der Waals surface area contributed by atoms with Crippen LogP contribution in [0.3, 0.4) is 0 Å². The molecule has 18 atom stereocenters. The molecular formula is C9H42ClNO2P24. The first-order valence-corrected chi connectivity index (χ1v) is 52.8. The number of piperidine rings is 1. The molecule has 0 amide bonds. The van der Waals surface area contributed by atoms with Gasteiger partial charge in [0, 0.05) is 12.1 Å². The van der Waals surface area contributed by atoms with Crippen molar-refractivity contribution >= 4 is 211 Å². The maximum absolute atomic E-state index is 11.2. The fourth-order valence-corrected chi connectivity index (χ4v) is 293. The second kappa shape index (κ2) is 25.1. The molecule has 0 radical (unpaired) electrons. The Hall–Kier alpha value is 10.0. The summed E-state index contributed by atoms with van der Waals surface area (Å²) < 4.78 is 4.75. The van der Waals surface area contributed by atoms with Gasteiger partial charge < -0.3 is 10.1 Å². The third kappa shape index (κ3) is 16.7. The molecule has 1 N–H and O–H groups in total. The zero-order valence-corrected chi connectivity index (χ0v) is 45.9. The highest BCUT2D eigenvalue weighted by molar-refractivity contribution is 9.39. The predicted octanol–water partition coefficient (Wildman–Crippen LogP) is 14.8. The molecule has 0 aromatic carbocycles. The van der Waals surface area contributed by atoms with Crippen LogP contribution >= 0.6 is 205 Å². The molecule has 37 heavy (non-hydrogen) atoms. The monoisotopic (exact) mass is 975 g/mol. The molecule has 0 aliphatic carbocycles. The van der Waals surface area contributed by atoms with Crippen LogP contribution in [-0.4, -0.2) is 25.2 Å². The van der Waals surface area contributed by atoms with Crippen LogP contribution < -0.4 is 5.32 Å². The van der Waals surface area contributed by atoms with E-state index in [4.69, 9.17) is 4.74 Å². The van der Waals surface area contributed by atoms with Crippen LogP contribution in [0.5, 0.6) is 0 Å². The van der Waals surface area contributed by atoms with E-state index in [1.54, 1.807) is 0 Å². The molecule has 2 saturated heterocycles. The smallest absolute Gasteiger partial charge is 0.308 e. The van der Waals surface area contributed by atoms with Crippen molar-refractivity contribution in [1.82, 2.24) is 5.32 Å². The number of fused-ring (bicyclic) bond motifs is 2. The minimum absolute atomic E-state index is 0. The fraction of sp³-hybridized carbons (Fsp3) is 0.889. The standard InChI is InChI=1S/C9H15NO2.ClH.H26P24/c1-12-9(11)6-4-7-2-3-8(5-6)10-7;;1-14(2)20(13)23(19(11)12)24(21(15(3)4)16(5)6)22(17(7)8)18(9)10/h6-8,10H,2-5H2,1H3;1H;1-13H2/t6?,7-,8+;;. The number of hydrogen-bond donors (Lipinski definition) is 1. The molecule has 0 saturated carbocycles. The van der Waals surface area contributed by atoms with Crippen LogP contribution in [0.15, 0.2) is 0 Å². The zero-order chi connectivity index (χ0) is 27.9. The summed E-state index contributed by atoms with van der Waals surface area (Å²) in [6.45, 7) is 0.374. The molecule has 222 valence electrons. The number of carbonyl (C=O) groups excluding carboxylic acids is 1. The van der Waals surface area contributed by atoms with E-state index in [-0.39, 0.29) is 101 Å². The second-order valence-corrected chi connectivity index (χ2v) is 103. The van der Waals surface area contributed by atoms with Crippen LogP contribution in [0.25, 0.3) is 0 Å². The average Bonchev–Trinajstić information content (AvgIpc) is 3.09. The molecule has 2 aliphatic heterocycles. The first kappa shape index (κ1) is 47.0. The molecule has 28 heteroatoms. The number of hydrogen-bond acceptors (Lipinski definition) is 3. The fourth-order valence-electron chi connectivity index (χ4n) is 3.61. The van der Waals surface area contributed by atoms with Crippen molar-refractivity contribution in [3.8, 4) is 0 Å². The number of halogens is 1. The Morgan fingerprint density at radius 1 is 0.622 bits per heavy atom. The maximum atomic E-state index is 11.2. The third-order valence-corrected chi connectivity index (χ3v) is 160. The maximum Gasteiger partial charge on any atom is 0.308 e. The minimum Gasteiger partial charge on any atom is -0.469 e. The normalized spacial score (nSPS) is 23.4. The molecule has 2 heterocycles. The van der Waals surface area contributed by atoms with Gasteiger partial charge in [-0.1, -0.05) is 0 Å². The lowest BCUT2D eigenvalue weighted by molar-refractivity contribution is -0.146. The van der Waals surface area contributed by atoms with E-state index >= 15 is 0 Å². The van der Waals surface area contributed by atoms with Crippen LogP contribution in [0, 0.1) is 5.92 Å². The van der Waals surface area contributed by atoms with Crippen molar-refractivity contribution in [2.75, 3.05) is 7.11 Å². The van der Waals surface area contributed by atoms with E-state index < -0.39 is 0 Å². The summed E-state index contributed by atoms with van der Waals surface area (Å²) in [6.07, 6.45) is 4.42. The molecular weight excluding hydrogens is 933 g/mol. The number of carbonyl (C=O) groups is 1. The SMILES string of the molecule is COC(=O)C1C[C@H]2CC[C@@H](C1)N2.Cl.PP(P)P(P)P(P(P)P)P(P(P(P)P)P(P)P)P(P(P)P)P(P)P. The van der Waals surface area contributed by atoms with Gasteiger partial charge >= 0.3 is 5.97 Å². The summed E-state index contributed by atoms with van der Waals surface area (Å²) >= 11 is 0. The van der Waals surface area contributed by atoms with E-state index in [0.29, 0.717) is 12.1 Å². The van der Waals surface area contributed by atoms with Gasteiger partial charge in [-0.15, -0.1) is 128 Å². The number of esters is 1. The van der Waals surface area contributed by atoms with Crippen molar-refractivity contribution in [2.24, 2.45) is 5.92 Å². The Morgan fingerprint density at radius 2 is 0.973 bits per heavy atom. The highest BCUT2D eigenvalue weighted by Gasteiger charge is 2.46. The van der Waals surface area contributed by atoms with Crippen LogP contribution in [-0.2, 0) is 9.53 Å². The van der Waals surface area contributed by atoms with Gasteiger partial charge in [-0.2, -0.15) is 0 Å². The largest absolute Gasteiger partial charge is 0.469 e. The van der Waals surface area contributed by atoms with Gasteiger partial charge in [-0.05, 0) is 103 Å². The minimum atomic E-state index is -0.0200. The second-order valence-electron chi connectivity index (χ2n) is 7.50. The number of ether oxygens (including phenoxy) is 1. The summed E-state index contributed by atoms with van der Waals surface area (Å²) in [5, 5.41) is 3.49. The van der Waals surface area contributed by atoms with E-state index in [9.17, 15) is 4.79 Å². The van der Waals surface area contributed by atoms with Gasteiger partial charge in [0.2, 0.25) is 0 Å². The number of methoxy groups -OCH3 is 1. The average molecular weight is 975 g/mol. The van der Waals surface area contributed by atoms with E-state index in [2.05, 4.69) is 121 Å². The van der Waals surface area contributed by atoms with Crippen LogP contribution in [0.4, 0.5) is 0 Å². The van der Waals surface area contributed by atoms with Gasteiger partial charge in [0.25, 0.3) is 0 Å². The molecule has 3 nitrogen and oxygen atoms in total. The first-order chi connectivity index (χ1) is 16.6. The van der Waals surface area contributed by atoms with Gasteiger partial charge in [-0.3, -0.25) is 4.79 Å². The van der Waals surface area contributed by atoms with Crippen molar-refractivity contribution < 1.29 is 9.53 Å². The Morgan fingerprint density at radius 3 is 1.24 bits per heavy atom. The summed E-state index contributed by atoms with van der Waals surface area (Å²) in [7, 11) is 43.3. The molecule has 2 fully saturated rings. The third-order valence-electron chi connectivity index (χ3n) is 4.94. The van der Waals surface area contributed by atoms with Crippen molar-refractivity contribution in [1.29, 1.82) is 0 Å². The van der Waals surface area contributed by atoms with E-state index in [1.165, 1.54) is 20.0 Å². The molecule has 2 rings (SSSR count). The van der Waals surface area contributed by atoms with Crippen molar-refractivity contribution in [3.05, 3.63) is 0 Å². The Bertz CT molecular complexity index is 610. The van der Waals surface area contributed by atoms with Crippen molar-refractivity contribution in [2.45, 2.75) is 37.8 Å². The highest BCUT2D eigenvalue weighted by Crippen LogP contribution is 3.34. The van der Waals surface area contributed by atoms with Gasteiger partial charge in [0.1, 0.15) is 0 Å². The molecule has 16 unspecified atom stereocenters. The molecule has 0 aromatic heterocycles. The Kier molecular flexibility index (Phi) is 31.9. The summed E-state index contributed by atoms with van der Waals surface area (Å²) in [6, 6.07) is 1.15. The van der Waals surface area contributed by atoms with E-state index in [0.717, 1.165) is 12.8 Å². The molecule has 2 bridgehead atoms. The van der Waals surface area contributed by atoms with E-state index in [1.807, 2.05) is 0 Å². The van der Waals surface area contributed by atoms with Crippen LogP contribution in [0.1, 0.15) is 25.7 Å². The Balaban J connectivity index is 0.000000824. The lowest BCUT2D eigenvalue weighted by atomic mass is 9.93. The summed E-state index contributed by atoms with van der Waals surface area (Å²) in [5.41, 5.74) is 0. The van der Waals surface area contributed by atoms with Gasteiger partial charge in [0.15, 0.2) is 0 Å². The van der Waals surface area contributed by atoms with Gasteiger partial charge in [0.05, 0.1) is 13.0 Å². The zero-order valence-electron chi connectivity index (χ0n) is 20.2. The number of nitrogens with one attached hydrogen (secondary N) is 1. The molecule has 0 aromatic rings. The summed E-state index contributed by atoms with van der Waals surface area (Å²) in [4.78, 5) is 11.2. The lowest BCUT2D eigenvalue weighted by Crippen LogP contribution is -2.40. The molecule has 2 aliphatic rings. The lowest BCUT2D eigenvalue weighted by Gasteiger charge is -2.48. The molecule has 0 spiro atoms. The highest BCUT2D eigenvalue weighted by atomic mass is 35.5. The quantitative estimate of drug-likeness (QED) is 0.166. The summed E-state index contributed by atoms with van der Waals surface area (Å²) in [5.74, 6) is 0.141. The van der Waals surface area contributed by atoms with Crippen molar-refractivity contribution in [3.63, 3.8) is 0 Å². The van der Waals surface area contributed by atoms with Gasteiger partial charge in [-0.25, -0.2) is 0 Å².